The minimum atomic E-state index is -0.741. The first kappa shape index (κ1) is 19.3. The number of ether oxygens (including phenoxy) is 1. The highest BCUT2D eigenvalue weighted by molar-refractivity contribution is 7.99. The number of fused-ring (bicyclic) bond motifs is 2. The van der Waals surface area contributed by atoms with E-state index < -0.39 is 6.10 Å². The minimum absolute atomic E-state index is 0.138. The molecular weight excluding hydrogens is 390 g/mol. The molecule has 1 aromatic heterocycles. The molecule has 2 amide bonds. The molecule has 4 rings (SSSR count). The van der Waals surface area contributed by atoms with Crippen LogP contribution >= 0.6 is 11.8 Å². The van der Waals surface area contributed by atoms with E-state index in [-0.39, 0.29) is 24.1 Å². The Kier molecular flexibility index (Phi) is 5.71. The van der Waals surface area contributed by atoms with Gasteiger partial charge >= 0.3 is 0 Å². The third-order valence-electron chi connectivity index (χ3n) is 4.51. The molecule has 8 heteroatoms. The van der Waals surface area contributed by atoms with E-state index in [2.05, 4.69) is 10.3 Å². The maximum Gasteiger partial charge on any atom is 0.262 e. The Morgan fingerprint density at radius 2 is 2.00 bits per heavy atom. The van der Waals surface area contributed by atoms with Crippen LogP contribution in [0, 0.1) is 0 Å². The normalized spacial score (nSPS) is 15.6. The van der Waals surface area contributed by atoms with Gasteiger partial charge in [-0.3, -0.25) is 9.59 Å². The van der Waals surface area contributed by atoms with Crippen LogP contribution in [-0.4, -0.2) is 41.7 Å². The van der Waals surface area contributed by atoms with Crippen LogP contribution < -0.4 is 15.0 Å². The minimum Gasteiger partial charge on any atom is -0.477 e. The maximum atomic E-state index is 13.0. The molecule has 150 valence electrons. The molecule has 0 saturated carbocycles. The molecule has 2 aromatic carbocycles. The van der Waals surface area contributed by atoms with Crippen molar-refractivity contribution in [3.63, 3.8) is 0 Å². The summed E-state index contributed by atoms with van der Waals surface area (Å²) in [5.74, 6) is 0.312. The lowest BCUT2D eigenvalue weighted by atomic mass is 10.1. The Morgan fingerprint density at radius 1 is 1.21 bits per heavy atom. The largest absolute Gasteiger partial charge is 0.477 e. The van der Waals surface area contributed by atoms with Gasteiger partial charge in [0.2, 0.25) is 5.91 Å². The number of benzene rings is 2. The van der Waals surface area contributed by atoms with Crippen LogP contribution in [0.4, 0.5) is 5.69 Å². The number of carbonyl (C=O) groups excluding carboxylic acids is 2. The van der Waals surface area contributed by atoms with Gasteiger partial charge in [0.15, 0.2) is 11.7 Å². The number of nitrogens with one attached hydrogen (secondary N) is 1. The van der Waals surface area contributed by atoms with Crippen molar-refractivity contribution in [2.45, 2.75) is 24.7 Å². The second kappa shape index (κ2) is 8.57. The molecule has 3 aromatic rings. The lowest BCUT2D eigenvalue weighted by molar-refractivity contribution is -0.128. The highest BCUT2D eigenvalue weighted by Crippen LogP contribution is 2.34. The van der Waals surface area contributed by atoms with Crippen molar-refractivity contribution in [1.82, 2.24) is 10.3 Å². The molecule has 1 aliphatic rings. The summed E-state index contributed by atoms with van der Waals surface area (Å²) in [6.45, 7) is 2.72. The molecule has 1 atom stereocenters. The van der Waals surface area contributed by atoms with E-state index >= 15 is 0 Å². The van der Waals surface area contributed by atoms with Gasteiger partial charge in [0, 0.05) is 6.54 Å². The number of nitrogens with zero attached hydrogens (tertiary/aromatic N) is 2. The number of para-hydroxylation sites is 4. The Morgan fingerprint density at radius 3 is 2.83 bits per heavy atom. The van der Waals surface area contributed by atoms with E-state index in [1.165, 1.54) is 11.8 Å². The lowest BCUT2D eigenvalue weighted by Gasteiger charge is -2.34. The quantitative estimate of drug-likeness (QED) is 0.627. The van der Waals surface area contributed by atoms with Crippen molar-refractivity contribution in [2.75, 3.05) is 23.7 Å². The molecule has 0 spiro atoms. The number of carbonyl (C=O) groups is 2. The van der Waals surface area contributed by atoms with Crippen LogP contribution in [0.2, 0.25) is 0 Å². The predicted molar refractivity (Wildman–Crippen MR) is 111 cm³/mol. The van der Waals surface area contributed by atoms with Gasteiger partial charge in [-0.15, -0.1) is 0 Å². The number of rotatable bonds is 6. The number of hydrogen-bond acceptors (Lipinski definition) is 6. The molecule has 7 nitrogen and oxygen atoms in total. The van der Waals surface area contributed by atoms with E-state index in [4.69, 9.17) is 9.15 Å². The van der Waals surface area contributed by atoms with Gasteiger partial charge in [-0.05, 0) is 30.7 Å². The molecule has 2 heterocycles. The van der Waals surface area contributed by atoms with Crippen LogP contribution in [0.15, 0.2) is 58.2 Å². The van der Waals surface area contributed by atoms with Crippen LogP contribution in [-0.2, 0) is 9.59 Å². The fraction of sp³-hybridized carbons (Fsp3) is 0.286. The van der Waals surface area contributed by atoms with Crippen molar-refractivity contribution in [2.24, 2.45) is 0 Å². The molecule has 0 radical (unpaired) electrons. The predicted octanol–water partition coefficient (Wildman–Crippen LogP) is 3.24. The fourth-order valence-electron chi connectivity index (χ4n) is 3.08. The standard InChI is InChI=1S/C21H21N3O4S/c1-2-11-22-20(26)18-12-24(15-8-4-6-10-17(15)27-18)19(25)13-29-21-23-14-7-3-5-9-16(14)28-21/h3-10,18H,2,11-13H2,1H3,(H,22,26)/t18-/m1/s1. The van der Waals surface area contributed by atoms with E-state index in [9.17, 15) is 9.59 Å². The summed E-state index contributed by atoms with van der Waals surface area (Å²) in [5, 5.41) is 3.28. The molecular formula is C21H21N3O4S. The number of amides is 2. The van der Waals surface area contributed by atoms with Crippen molar-refractivity contribution in [3.05, 3.63) is 48.5 Å². The zero-order valence-electron chi connectivity index (χ0n) is 16.0. The molecule has 0 bridgehead atoms. The number of oxazole rings is 1. The van der Waals surface area contributed by atoms with Gasteiger partial charge in [0.05, 0.1) is 18.0 Å². The molecule has 1 N–H and O–H groups in total. The Bertz CT molecular complexity index is 1000. The molecule has 0 aliphatic carbocycles. The number of anilines is 1. The summed E-state index contributed by atoms with van der Waals surface area (Å²) in [6, 6.07) is 14.7. The average Bonchev–Trinajstić information content (AvgIpc) is 3.18. The Balaban J connectivity index is 1.48. The topological polar surface area (TPSA) is 84.7 Å². The summed E-state index contributed by atoms with van der Waals surface area (Å²) < 4.78 is 11.5. The van der Waals surface area contributed by atoms with Crippen molar-refractivity contribution >= 4 is 40.4 Å². The number of hydrogen-bond donors (Lipinski definition) is 1. The maximum absolute atomic E-state index is 13.0. The van der Waals surface area contributed by atoms with Crippen molar-refractivity contribution in [1.29, 1.82) is 0 Å². The first-order valence-electron chi connectivity index (χ1n) is 9.48. The van der Waals surface area contributed by atoms with Crippen LogP contribution in [0.25, 0.3) is 11.1 Å². The van der Waals surface area contributed by atoms with Gasteiger partial charge in [-0.25, -0.2) is 4.98 Å². The van der Waals surface area contributed by atoms with Gasteiger partial charge < -0.3 is 19.4 Å². The highest BCUT2D eigenvalue weighted by atomic mass is 32.2. The zero-order chi connectivity index (χ0) is 20.2. The van der Waals surface area contributed by atoms with E-state index in [0.29, 0.717) is 28.8 Å². The molecule has 0 fully saturated rings. The monoisotopic (exact) mass is 411 g/mol. The van der Waals surface area contributed by atoms with Gasteiger partial charge in [-0.1, -0.05) is 43.0 Å². The molecule has 0 unspecified atom stereocenters. The van der Waals surface area contributed by atoms with E-state index in [1.807, 2.05) is 49.4 Å². The second-order valence-corrected chi connectivity index (χ2v) is 7.53. The van der Waals surface area contributed by atoms with Crippen molar-refractivity contribution in [3.8, 4) is 5.75 Å². The first-order valence-corrected chi connectivity index (χ1v) is 10.5. The summed E-state index contributed by atoms with van der Waals surface area (Å²) in [6.07, 6.45) is 0.0912. The third kappa shape index (κ3) is 4.22. The Hall–Kier alpha value is -3.00. The fourth-order valence-corrected chi connectivity index (χ4v) is 3.80. The third-order valence-corrected chi connectivity index (χ3v) is 5.32. The number of thioether (sulfide) groups is 1. The van der Waals surface area contributed by atoms with Gasteiger partial charge in [0.1, 0.15) is 11.3 Å². The van der Waals surface area contributed by atoms with Gasteiger partial charge in [-0.2, -0.15) is 0 Å². The molecule has 29 heavy (non-hydrogen) atoms. The molecule has 1 aliphatic heterocycles. The van der Waals surface area contributed by atoms with E-state index in [0.717, 1.165) is 11.9 Å². The summed E-state index contributed by atoms with van der Waals surface area (Å²) >= 11 is 1.24. The summed E-state index contributed by atoms with van der Waals surface area (Å²) in [5.41, 5.74) is 2.11. The van der Waals surface area contributed by atoms with Crippen LogP contribution in [0.1, 0.15) is 13.3 Å². The van der Waals surface area contributed by atoms with Crippen LogP contribution in [0.3, 0.4) is 0 Å². The first-order chi connectivity index (χ1) is 14.2. The van der Waals surface area contributed by atoms with Crippen LogP contribution in [0.5, 0.6) is 5.75 Å². The van der Waals surface area contributed by atoms with Crippen molar-refractivity contribution < 1.29 is 18.7 Å². The second-order valence-electron chi connectivity index (χ2n) is 6.61. The average molecular weight is 411 g/mol. The summed E-state index contributed by atoms with van der Waals surface area (Å²) in [4.78, 5) is 31.4. The summed E-state index contributed by atoms with van der Waals surface area (Å²) in [7, 11) is 0. The SMILES string of the molecule is CCCNC(=O)[C@H]1CN(C(=O)CSc2nc3ccccc3o2)c2ccccc2O1. The Labute approximate surface area is 172 Å². The lowest BCUT2D eigenvalue weighted by Crippen LogP contribution is -2.51. The smallest absolute Gasteiger partial charge is 0.262 e. The van der Waals surface area contributed by atoms with Gasteiger partial charge in [0.25, 0.3) is 11.1 Å². The van der Waals surface area contributed by atoms with E-state index in [1.54, 1.807) is 11.0 Å². The zero-order valence-corrected chi connectivity index (χ0v) is 16.8. The molecule has 0 saturated heterocycles. The highest BCUT2D eigenvalue weighted by Gasteiger charge is 2.33. The number of aromatic nitrogens is 1.